The number of rotatable bonds is 6. The first-order chi connectivity index (χ1) is 12.3. The number of nitrogens with one attached hydrogen (secondary N) is 1. The summed E-state index contributed by atoms with van der Waals surface area (Å²) in [4.78, 5) is 21.9. The molecule has 3 aromatic heterocycles. The number of carbonyl (C=O) groups excluding carboxylic acids is 1. The van der Waals surface area contributed by atoms with Gasteiger partial charge in [-0.05, 0) is 6.42 Å². The Labute approximate surface area is 148 Å². The van der Waals surface area contributed by atoms with Gasteiger partial charge in [-0.3, -0.25) is 9.20 Å². The van der Waals surface area contributed by atoms with Crippen molar-refractivity contribution in [1.82, 2.24) is 24.3 Å². The van der Waals surface area contributed by atoms with E-state index in [9.17, 15) is 4.79 Å². The molecular formula is C18H17N5OS. The molecule has 0 radical (unpaired) electrons. The monoisotopic (exact) mass is 351 g/mol. The van der Waals surface area contributed by atoms with Crippen molar-refractivity contribution < 1.29 is 4.79 Å². The Morgan fingerprint density at radius 1 is 1.24 bits per heavy atom. The van der Waals surface area contributed by atoms with Crippen molar-refractivity contribution in [2.75, 3.05) is 6.54 Å². The maximum atomic E-state index is 12.5. The van der Waals surface area contributed by atoms with Crippen LogP contribution in [0.2, 0.25) is 0 Å². The van der Waals surface area contributed by atoms with Crippen molar-refractivity contribution in [3.63, 3.8) is 0 Å². The summed E-state index contributed by atoms with van der Waals surface area (Å²) >= 11 is 1.47. The quantitative estimate of drug-likeness (QED) is 0.543. The van der Waals surface area contributed by atoms with Gasteiger partial charge in [0, 0.05) is 42.6 Å². The summed E-state index contributed by atoms with van der Waals surface area (Å²) in [7, 11) is 0. The van der Waals surface area contributed by atoms with Crippen LogP contribution < -0.4 is 5.32 Å². The van der Waals surface area contributed by atoms with Gasteiger partial charge in [0.1, 0.15) is 5.69 Å². The minimum absolute atomic E-state index is 0.0751. The molecule has 25 heavy (non-hydrogen) atoms. The number of fused-ring (bicyclic) bond motifs is 1. The third kappa shape index (κ3) is 3.32. The van der Waals surface area contributed by atoms with Crippen LogP contribution in [0.5, 0.6) is 0 Å². The number of amides is 1. The van der Waals surface area contributed by atoms with E-state index in [0.29, 0.717) is 12.2 Å². The molecule has 0 aliphatic rings. The Morgan fingerprint density at radius 3 is 2.92 bits per heavy atom. The Hall–Kier alpha value is -2.93. The van der Waals surface area contributed by atoms with Crippen molar-refractivity contribution in [3.8, 4) is 11.3 Å². The van der Waals surface area contributed by atoms with Crippen molar-refractivity contribution in [1.29, 1.82) is 0 Å². The number of imidazole rings is 2. The lowest BCUT2D eigenvalue weighted by molar-refractivity contribution is 0.0947. The van der Waals surface area contributed by atoms with E-state index in [-0.39, 0.29) is 5.91 Å². The van der Waals surface area contributed by atoms with Gasteiger partial charge < -0.3 is 9.88 Å². The number of thiazole rings is 1. The van der Waals surface area contributed by atoms with E-state index >= 15 is 0 Å². The highest BCUT2D eigenvalue weighted by Gasteiger charge is 2.14. The molecule has 0 aliphatic heterocycles. The summed E-state index contributed by atoms with van der Waals surface area (Å²) in [6.07, 6.45) is 8.22. The molecule has 4 rings (SSSR count). The summed E-state index contributed by atoms with van der Waals surface area (Å²) < 4.78 is 3.86. The zero-order valence-electron chi connectivity index (χ0n) is 13.5. The topological polar surface area (TPSA) is 64.2 Å². The minimum Gasteiger partial charge on any atom is -0.351 e. The lowest BCUT2D eigenvalue weighted by atomic mass is 10.2. The first-order valence-electron chi connectivity index (χ1n) is 8.07. The van der Waals surface area contributed by atoms with Crippen molar-refractivity contribution in [2.24, 2.45) is 0 Å². The summed E-state index contributed by atoms with van der Waals surface area (Å²) in [6, 6.07) is 9.97. The van der Waals surface area contributed by atoms with Gasteiger partial charge in [0.25, 0.3) is 5.91 Å². The van der Waals surface area contributed by atoms with Crippen LogP contribution in [-0.4, -0.2) is 31.4 Å². The molecule has 0 spiro atoms. The largest absolute Gasteiger partial charge is 0.351 e. The molecule has 1 aromatic carbocycles. The van der Waals surface area contributed by atoms with Crippen LogP contribution in [0.4, 0.5) is 0 Å². The SMILES string of the molecule is O=C(NCCCn1ccnc1)c1csc2nc(-c3ccccc3)cn12. The molecule has 7 heteroatoms. The summed E-state index contributed by atoms with van der Waals surface area (Å²) in [6.45, 7) is 1.46. The molecule has 0 atom stereocenters. The highest BCUT2D eigenvalue weighted by Crippen LogP contribution is 2.23. The normalized spacial score (nSPS) is 11.0. The molecule has 1 N–H and O–H groups in total. The average Bonchev–Trinajstić information content (AvgIpc) is 3.36. The Bertz CT molecular complexity index is 972. The first-order valence-corrected chi connectivity index (χ1v) is 8.95. The lowest BCUT2D eigenvalue weighted by Gasteiger charge is -2.05. The number of hydrogen-bond acceptors (Lipinski definition) is 4. The van der Waals surface area contributed by atoms with Crippen molar-refractivity contribution >= 4 is 22.2 Å². The number of nitrogens with zero attached hydrogens (tertiary/aromatic N) is 4. The number of carbonyl (C=O) groups is 1. The van der Waals surface area contributed by atoms with E-state index in [1.807, 2.05) is 57.1 Å². The minimum atomic E-state index is -0.0751. The maximum absolute atomic E-state index is 12.5. The van der Waals surface area contributed by atoms with Gasteiger partial charge in [0.2, 0.25) is 0 Å². The number of benzene rings is 1. The first kappa shape index (κ1) is 15.6. The zero-order valence-corrected chi connectivity index (χ0v) is 14.3. The molecule has 0 aliphatic carbocycles. The van der Waals surface area contributed by atoms with Crippen molar-refractivity contribution in [3.05, 3.63) is 66.3 Å². The van der Waals surface area contributed by atoms with Gasteiger partial charge in [-0.2, -0.15) is 0 Å². The fraction of sp³-hybridized carbons (Fsp3) is 0.167. The molecule has 4 aromatic rings. The highest BCUT2D eigenvalue weighted by molar-refractivity contribution is 7.15. The average molecular weight is 351 g/mol. The number of hydrogen-bond donors (Lipinski definition) is 1. The second kappa shape index (κ2) is 6.90. The van der Waals surface area contributed by atoms with E-state index in [1.165, 1.54) is 11.3 Å². The Kier molecular flexibility index (Phi) is 4.30. The molecule has 1 amide bonds. The second-order valence-electron chi connectivity index (χ2n) is 5.68. The van der Waals surface area contributed by atoms with E-state index < -0.39 is 0 Å². The molecule has 0 saturated carbocycles. The van der Waals surface area contributed by atoms with Crippen LogP contribution in [0, 0.1) is 0 Å². The fourth-order valence-electron chi connectivity index (χ4n) is 2.67. The molecule has 126 valence electrons. The molecule has 6 nitrogen and oxygen atoms in total. The Balaban J connectivity index is 1.43. The number of aryl methyl sites for hydroxylation is 1. The molecular weight excluding hydrogens is 334 g/mol. The lowest BCUT2D eigenvalue weighted by Crippen LogP contribution is -2.26. The van der Waals surface area contributed by atoms with Crippen LogP contribution in [0.25, 0.3) is 16.2 Å². The molecule has 0 saturated heterocycles. The summed E-state index contributed by atoms with van der Waals surface area (Å²) in [5.41, 5.74) is 2.55. The van der Waals surface area contributed by atoms with Crippen LogP contribution in [-0.2, 0) is 6.54 Å². The Morgan fingerprint density at radius 2 is 2.12 bits per heavy atom. The van der Waals surface area contributed by atoms with Gasteiger partial charge >= 0.3 is 0 Å². The van der Waals surface area contributed by atoms with Crippen LogP contribution in [0.1, 0.15) is 16.9 Å². The van der Waals surface area contributed by atoms with E-state index in [0.717, 1.165) is 29.2 Å². The highest BCUT2D eigenvalue weighted by atomic mass is 32.1. The van der Waals surface area contributed by atoms with Crippen molar-refractivity contribution in [2.45, 2.75) is 13.0 Å². The van der Waals surface area contributed by atoms with Gasteiger partial charge in [-0.15, -0.1) is 11.3 Å². The third-order valence-corrected chi connectivity index (χ3v) is 4.79. The molecule has 0 unspecified atom stereocenters. The molecule has 0 fully saturated rings. The van der Waals surface area contributed by atoms with Gasteiger partial charge in [0.05, 0.1) is 12.0 Å². The standard InChI is InChI=1S/C18H17N5OS/c24-17(20-7-4-9-22-10-8-19-13-22)16-12-25-18-21-15(11-23(16)18)14-5-2-1-3-6-14/h1-3,5-6,8,10-13H,4,7,9H2,(H,20,24). The number of aromatic nitrogens is 4. The smallest absolute Gasteiger partial charge is 0.269 e. The van der Waals surface area contributed by atoms with Crippen LogP contribution in [0.15, 0.2) is 60.6 Å². The van der Waals surface area contributed by atoms with Crippen LogP contribution >= 0.6 is 11.3 Å². The second-order valence-corrected chi connectivity index (χ2v) is 6.51. The molecule has 3 heterocycles. The zero-order chi connectivity index (χ0) is 17.1. The van der Waals surface area contributed by atoms with E-state index in [2.05, 4.69) is 15.3 Å². The van der Waals surface area contributed by atoms with Gasteiger partial charge in [0.15, 0.2) is 4.96 Å². The third-order valence-electron chi connectivity index (χ3n) is 3.95. The van der Waals surface area contributed by atoms with Crippen LogP contribution in [0.3, 0.4) is 0 Å². The van der Waals surface area contributed by atoms with Gasteiger partial charge in [-0.1, -0.05) is 30.3 Å². The van der Waals surface area contributed by atoms with E-state index in [1.54, 1.807) is 12.5 Å². The van der Waals surface area contributed by atoms with Gasteiger partial charge in [-0.25, -0.2) is 9.97 Å². The summed E-state index contributed by atoms with van der Waals surface area (Å²) in [5.74, 6) is -0.0751. The maximum Gasteiger partial charge on any atom is 0.269 e. The van der Waals surface area contributed by atoms with E-state index in [4.69, 9.17) is 0 Å². The predicted molar refractivity (Wildman–Crippen MR) is 97.7 cm³/mol. The predicted octanol–water partition coefficient (Wildman–Crippen LogP) is 3.08. The summed E-state index contributed by atoms with van der Waals surface area (Å²) in [5, 5.41) is 4.82. The fourth-order valence-corrected chi connectivity index (χ4v) is 3.52. The molecule has 0 bridgehead atoms.